The van der Waals surface area contributed by atoms with Gasteiger partial charge in [-0.3, -0.25) is 0 Å². The Labute approximate surface area is 129 Å². The highest BCUT2D eigenvalue weighted by atomic mass is 32.2. The summed E-state index contributed by atoms with van der Waals surface area (Å²) in [5, 5.41) is 8.82. The molecule has 0 amide bonds. The maximum absolute atomic E-state index is 5.78. The smallest absolute Gasteiger partial charge is 0.100 e. The van der Waals surface area contributed by atoms with E-state index in [4.69, 9.17) is 5.73 Å². The largest absolute Gasteiger partial charge is 0.399 e. The van der Waals surface area contributed by atoms with Gasteiger partial charge in [-0.2, -0.15) is 5.10 Å². The van der Waals surface area contributed by atoms with Crippen LogP contribution in [0.5, 0.6) is 0 Å². The number of hydrogen-bond acceptors (Lipinski definition) is 4. The molecule has 0 atom stereocenters. The molecule has 0 unspecified atom stereocenters. The van der Waals surface area contributed by atoms with E-state index in [1.807, 2.05) is 31.2 Å². The molecule has 0 spiro atoms. The molecule has 1 heterocycles. The fraction of sp³-hybridized carbons (Fsp3) is 0.176. The highest BCUT2D eigenvalue weighted by molar-refractivity contribution is 7.98. The molecular weight excluding hydrogens is 278 g/mol. The average molecular weight is 295 g/mol. The van der Waals surface area contributed by atoms with Gasteiger partial charge >= 0.3 is 0 Å². The Morgan fingerprint density at radius 1 is 1.05 bits per heavy atom. The van der Waals surface area contributed by atoms with Gasteiger partial charge in [0.2, 0.25) is 0 Å². The molecular formula is C17H17N3S. The van der Waals surface area contributed by atoms with Crippen LogP contribution in [0.2, 0.25) is 0 Å². The monoisotopic (exact) mass is 295 g/mol. The first-order chi connectivity index (χ1) is 10.2. The van der Waals surface area contributed by atoms with Crippen molar-refractivity contribution in [3.05, 3.63) is 59.2 Å². The number of hydrogen-bond donors (Lipinski definition) is 1. The van der Waals surface area contributed by atoms with E-state index >= 15 is 0 Å². The fourth-order valence-electron chi connectivity index (χ4n) is 2.41. The quantitative estimate of drug-likeness (QED) is 0.677. The highest BCUT2D eigenvalue weighted by Crippen LogP contribution is 2.25. The lowest BCUT2D eigenvalue weighted by Crippen LogP contribution is -2.07. The lowest BCUT2D eigenvalue weighted by Gasteiger charge is -2.11. The van der Waals surface area contributed by atoms with Gasteiger partial charge < -0.3 is 5.73 Å². The molecule has 0 saturated carbocycles. The van der Waals surface area contributed by atoms with Gasteiger partial charge in [0.15, 0.2) is 0 Å². The second kappa shape index (κ2) is 5.74. The van der Waals surface area contributed by atoms with Crippen LogP contribution in [0.25, 0.3) is 0 Å². The molecule has 21 heavy (non-hydrogen) atoms. The molecule has 0 aromatic heterocycles. The summed E-state index contributed by atoms with van der Waals surface area (Å²) in [6, 6.07) is 14.3. The molecule has 2 aromatic carbocycles. The van der Waals surface area contributed by atoms with E-state index in [0.717, 1.165) is 34.7 Å². The summed E-state index contributed by atoms with van der Waals surface area (Å²) >= 11 is 1.74. The second-order valence-corrected chi connectivity index (χ2v) is 5.99. The average Bonchev–Trinajstić information content (AvgIpc) is 2.66. The highest BCUT2D eigenvalue weighted by Gasteiger charge is 2.16. The van der Waals surface area contributed by atoms with E-state index in [1.165, 1.54) is 10.5 Å². The molecule has 106 valence electrons. The Bertz CT molecular complexity index is 730. The summed E-state index contributed by atoms with van der Waals surface area (Å²) in [6.45, 7) is 2.02. The summed E-state index contributed by atoms with van der Waals surface area (Å²) in [4.78, 5) is 1.23. The minimum absolute atomic E-state index is 0.755. The first-order valence-electron chi connectivity index (χ1n) is 6.81. The molecule has 1 aliphatic rings. The van der Waals surface area contributed by atoms with Gasteiger partial charge in [0.25, 0.3) is 0 Å². The Hall–Kier alpha value is -2.07. The number of nitrogens with two attached hydrogens (primary N) is 1. The van der Waals surface area contributed by atoms with E-state index in [2.05, 4.69) is 34.7 Å². The molecule has 3 nitrogen and oxygen atoms in total. The Morgan fingerprint density at radius 3 is 2.52 bits per heavy atom. The third kappa shape index (κ3) is 2.85. The third-order valence-corrected chi connectivity index (χ3v) is 4.25. The van der Waals surface area contributed by atoms with Crippen molar-refractivity contribution in [1.82, 2.24) is 0 Å². The van der Waals surface area contributed by atoms with Crippen LogP contribution in [0, 0.1) is 0 Å². The van der Waals surface area contributed by atoms with E-state index in [1.54, 1.807) is 11.8 Å². The number of nitrogens with zero attached hydrogens (tertiary/aromatic N) is 2. The zero-order valence-corrected chi connectivity index (χ0v) is 12.9. The van der Waals surface area contributed by atoms with Gasteiger partial charge in [0.05, 0.1) is 0 Å². The number of thioether (sulfide) groups is 1. The van der Waals surface area contributed by atoms with Crippen LogP contribution in [0.4, 0.5) is 5.69 Å². The lowest BCUT2D eigenvalue weighted by molar-refractivity contribution is 1.20. The zero-order chi connectivity index (χ0) is 14.8. The molecule has 0 bridgehead atoms. The maximum atomic E-state index is 5.78. The van der Waals surface area contributed by atoms with E-state index in [-0.39, 0.29) is 0 Å². The van der Waals surface area contributed by atoms with E-state index < -0.39 is 0 Å². The molecule has 3 rings (SSSR count). The van der Waals surface area contributed by atoms with Crippen molar-refractivity contribution in [2.45, 2.75) is 18.2 Å². The zero-order valence-electron chi connectivity index (χ0n) is 12.1. The van der Waals surface area contributed by atoms with Crippen molar-refractivity contribution in [3.63, 3.8) is 0 Å². The lowest BCUT2D eigenvalue weighted by atomic mass is 9.95. The maximum Gasteiger partial charge on any atom is 0.100 e. The standard InChI is InChI=1S/C17H17N3S/c1-11-9-13-5-8-15(21-2)10-16(13)17(20-19-11)12-3-6-14(18)7-4-12/h3-8,10H,9,18H2,1-2H3. The number of fused-ring (bicyclic) bond motifs is 1. The molecule has 4 heteroatoms. The Morgan fingerprint density at radius 2 is 1.81 bits per heavy atom. The molecule has 0 aliphatic carbocycles. The van der Waals surface area contributed by atoms with Crippen molar-refractivity contribution in [2.75, 3.05) is 12.0 Å². The van der Waals surface area contributed by atoms with Crippen LogP contribution in [0.15, 0.2) is 57.6 Å². The van der Waals surface area contributed by atoms with Crippen molar-refractivity contribution in [3.8, 4) is 0 Å². The predicted molar refractivity (Wildman–Crippen MR) is 91.5 cm³/mol. The van der Waals surface area contributed by atoms with Crippen LogP contribution in [-0.4, -0.2) is 17.7 Å². The Balaban J connectivity index is 2.17. The van der Waals surface area contributed by atoms with Crippen LogP contribution in [0.1, 0.15) is 23.6 Å². The molecule has 0 saturated heterocycles. The number of benzene rings is 2. The first kappa shape index (κ1) is 13.9. The summed E-state index contributed by atoms with van der Waals surface area (Å²) in [5.74, 6) is 0. The Kier molecular flexibility index (Phi) is 3.80. The van der Waals surface area contributed by atoms with Crippen LogP contribution in [0.3, 0.4) is 0 Å². The topological polar surface area (TPSA) is 50.7 Å². The molecule has 2 aromatic rings. The van der Waals surface area contributed by atoms with Crippen LogP contribution >= 0.6 is 11.8 Å². The van der Waals surface area contributed by atoms with Crippen LogP contribution < -0.4 is 5.73 Å². The molecule has 0 fully saturated rings. The van der Waals surface area contributed by atoms with Gasteiger partial charge in [0.1, 0.15) is 5.71 Å². The normalized spacial score (nSPS) is 14.0. The molecule has 2 N–H and O–H groups in total. The van der Waals surface area contributed by atoms with Crippen molar-refractivity contribution < 1.29 is 0 Å². The summed E-state index contributed by atoms with van der Waals surface area (Å²) in [5.41, 5.74) is 11.9. The van der Waals surface area contributed by atoms with Gasteiger partial charge in [-0.15, -0.1) is 16.9 Å². The first-order valence-corrected chi connectivity index (χ1v) is 8.04. The fourth-order valence-corrected chi connectivity index (χ4v) is 2.85. The van der Waals surface area contributed by atoms with Crippen LogP contribution in [-0.2, 0) is 6.42 Å². The van der Waals surface area contributed by atoms with Crippen molar-refractivity contribution in [2.24, 2.45) is 10.2 Å². The minimum atomic E-state index is 0.755. The molecule has 0 radical (unpaired) electrons. The number of rotatable bonds is 2. The van der Waals surface area contributed by atoms with Gasteiger partial charge in [0, 0.05) is 33.8 Å². The number of anilines is 1. The van der Waals surface area contributed by atoms with E-state index in [9.17, 15) is 0 Å². The summed E-state index contributed by atoms with van der Waals surface area (Å²) in [6.07, 6.45) is 2.92. The van der Waals surface area contributed by atoms with Gasteiger partial charge in [-0.1, -0.05) is 18.2 Å². The molecule has 1 aliphatic heterocycles. The predicted octanol–water partition coefficient (Wildman–Crippen LogP) is 3.76. The second-order valence-electron chi connectivity index (χ2n) is 5.11. The SMILES string of the molecule is CSc1ccc2c(c1)C(c1ccc(N)cc1)=NN=C(C)C2. The summed E-state index contributed by atoms with van der Waals surface area (Å²) in [7, 11) is 0. The summed E-state index contributed by atoms with van der Waals surface area (Å²) < 4.78 is 0. The van der Waals surface area contributed by atoms with E-state index in [0.29, 0.717) is 0 Å². The van der Waals surface area contributed by atoms with Gasteiger partial charge in [-0.25, -0.2) is 0 Å². The van der Waals surface area contributed by atoms with Crippen molar-refractivity contribution in [1.29, 1.82) is 0 Å². The third-order valence-electron chi connectivity index (χ3n) is 3.52. The van der Waals surface area contributed by atoms with Gasteiger partial charge in [-0.05, 0) is 43.0 Å². The van der Waals surface area contributed by atoms with Crippen molar-refractivity contribution >= 4 is 28.9 Å². The minimum Gasteiger partial charge on any atom is -0.399 e. The number of nitrogen functional groups attached to an aromatic ring is 1.